The van der Waals surface area contributed by atoms with E-state index in [0.29, 0.717) is 11.0 Å². The first-order valence-corrected chi connectivity index (χ1v) is 6.70. The van der Waals surface area contributed by atoms with Crippen molar-refractivity contribution in [1.82, 2.24) is 20.0 Å². The summed E-state index contributed by atoms with van der Waals surface area (Å²) in [6.45, 7) is 0. The molecular weight excluding hydrogens is 328 g/mol. The first-order valence-electron chi connectivity index (χ1n) is 5.52. The Morgan fingerprint density at radius 1 is 0.947 bits per heavy atom. The minimum atomic E-state index is 0.365. The Hall–Kier alpha value is -1.72. The Morgan fingerprint density at radius 3 is 2.42 bits per heavy atom. The summed E-state index contributed by atoms with van der Waals surface area (Å²) in [5, 5.41) is 12.4. The lowest BCUT2D eigenvalue weighted by atomic mass is 10.1. The summed E-state index contributed by atoms with van der Waals surface area (Å²) in [7, 11) is 0. The van der Waals surface area contributed by atoms with E-state index in [1.807, 2.05) is 30.5 Å². The minimum Gasteiger partial charge on any atom is -0.220 e. The van der Waals surface area contributed by atoms with Crippen molar-refractivity contribution < 1.29 is 0 Å². The molecule has 4 nitrogen and oxygen atoms in total. The molecule has 0 fully saturated rings. The fraction of sp³-hybridized carbons (Fsp3) is 0. The van der Waals surface area contributed by atoms with Crippen LogP contribution in [0.25, 0.3) is 16.9 Å². The molecule has 19 heavy (non-hydrogen) atoms. The van der Waals surface area contributed by atoms with Crippen LogP contribution in [-0.2, 0) is 0 Å². The van der Waals surface area contributed by atoms with E-state index in [0.717, 1.165) is 15.6 Å². The van der Waals surface area contributed by atoms with Gasteiger partial charge in [0.15, 0.2) is 11.0 Å². The molecule has 3 rings (SSSR count). The first kappa shape index (κ1) is 12.3. The average Bonchev–Trinajstić information content (AvgIpc) is 2.90. The molecule has 0 aliphatic heterocycles. The SMILES string of the molecule is Clc1ccc(-n2cc(-c3ccc(Br)cc3)cn2)nn1. The van der Waals surface area contributed by atoms with Gasteiger partial charge in [0.05, 0.1) is 6.20 Å². The molecule has 0 aliphatic carbocycles. The Morgan fingerprint density at radius 2 is 1.74 bits per heavy atom. The van der Waals surface area contributed by atoms with Crippen LogP contribution >= 0.6 is 27.5 Å². The van der Waals surface area contributed by atoms with E-state index in [1.165, 1.54) is 0 Å². The van der Waals surface area contributed by atoms with Gasteiger partial charge in [-0.2, -0.15) is 5.10 Å². The van der Waals surface area contributed by atoms with Gasteiger partial charge in [0.25, 0.3) is 0 Å². The first-order chi connectivity index (χ1) is 9.22. The lowest BCUT2D eigenvalue weighted by molar-refractivity contribution is 0.814. The molecule has 1 aromatic carbocycles. The summed E-state index contributed by atoms with van der Waals surface area (Å²) in [6.07, 6.45) is 3.70. The second kappa shape index (κ2) is 5.11. The van der Waals surface area contributed by atoms with Crippen molar-refractivity contribution in [3.63, 3.8) is 0 Å². The van der Waals surface area contributed by atoms with Crippen LogP contribution in [0.2, 0.25) is 5.15 Å². The van der Waals surface area contributed by atoms with Crippen LogP contribution in [0.5, 0.6) is 0 Å². The molecule has 3 aromatic rings. The maximum Gasteiger partial charge on any atom is 0.175 e. The molecule has 0 N–H and O–H groups in total. The van der Waals surface area contributed by atoms with Crippen molar-refractivity contribution in [2.75, 3.05) is 0 Å². The van der Waals surface area contributed by atoms with Gasteiger partial charge in [-0.1, -0.05) is 39.7 Å². The molecule has 0 atom stereocenters. The smallest absolute Gasteiger partial charge is 0.175 e. The van der Waals surface area contributed by atoms with E-state index in [1.54, 1.807) is 23.0 Å². The van der Waals surface area contributed by atoms with E-state index < -0.39 is 0 Å². The zero-order chi connectivity index (χ0) is 13.2. The molecule has 0 amide bonds. The van der Waals surface area contributed by atoms with Gasteiger partial charge in [-0.05, 0) is 29.8 Å². The zero-order valence-electron chi connectivity index (χ0n) is 9.66. The second-order valence-corrected chi connectivity index (χ2v) is 5.20. The average molecular weight is 336 g/mol. The van der Waals surface area contributed by atoms with Gasteiger partial charge in [0.1, 0.15) is 0 Å². The third-order valence-corrected chi connectivity index (χ3v) is 3.34. The molecule has 0 aliphatic rings. The monoisotopic (exact) mass is 334 g/mol. The van der Waals surface area contributed by atoms with E-state index in [9.17, 15) is 0 Å². The van der Waals surface area contributed by atoms with Gasteiger partial charge in [0.2, 0.25) is 0 Å². The molecule has 0 unspecified atom stereocenters. The summed E-state index contributed by atoms with van der Waals surface area (Å²) in [6, 6.07) is 11.5. The summed E-state index contributed by atoms with van der Waals surface area (Å²) in [5.74, 6) is 0.632. The zero-order valence-corrected chi connectivity index (χ0v) is 12.0. The molecule has 2 aromatic heterocycles. The summed E-state index contributed by atoms with van der Waals surface area (Å²) in [4.78, 5) is 0. The van der Waals surface area contributed by atoms with Crippen molar-refractivity contribution in [1.29, 1.82) is 0 Å². The molecule has 0 bridgehead atoms. The van der Waals surface area contributed by atoms with Crippen molar-refractivity contribution >= 4 is 27.5 Å². The number of hydrogen-bond acceptors (Lipinski definition) is 3. The lowest BCUT2D eigenvalue weighted by Crippen LogP contribution is -1.98. The van der Waals surface area contributed by atoms with Crippen LogP contribution < -0.4 is 0 Å². The van der Waals surface area contributed by atoms with Gasteiger partial charge in [-0.15, -0.1) is 10.2 Å². The van der Waals surface area contributed by atoms with Crippen molar-refractivity contribution in [2.45, 2.75) is 0 Å². The number of hydrogen-bond donors (Lipinski definition) is 0. The van der Waals surface area contributed by atoms with E-state index in [4.69, 9.17) is 11.6 Å². The summed E-state index contributed by atoms with van der Waals surface area (Å²) in [5.41, 5.74) is 2.11. The standard InChI is InChI=1S/C13H8BrClN4/c14-11-3-1-9(2-4-11)10-7-16-19(8-10)13-6-5-12(15)17-18-13/h1-8H. The highest BCUT2D eigenvalue weighted by molar-refractivity contribution is 9.10. The summed E-state index contributed by atoms with van der Waals surface area (Å²) >= 11 is 9.12. The molecule has 94 valence electrons. The van der Waals surface area contributed by atoms with Gasteiger partial charge >= 0.3 is 0 Å². The van der Waals surface area contributed by atoms with Gasteiger partial charge in [-0.3, -0.25) is 0 Å². The molecule has 0 spiro atoms. The maximum absolute atomic E-state index is 5.71. The molecule has 0 saturated heterocycles. The largest absolute Gasteiger partial charge is 0.220 e. The highest BCUT2D eigenvalue weighted by Crippen LogP contribution is 2.21. The molecule has 6 heteroatoms. The highest BCUT2D eigenvalue weighted by Gasteiger charge is 2.04. The molecule has 2 heterocycles. The molecule has 0 radical (unpaired) electrons. The van der Waals surface area contributed by atoms with Crippen LogP contribution in [0.4, 0.5) is 0 Å². The fourth-order valence-electron chi connectivity index (χ4n) is 1.67. The Labute approximate surface area is 123 Å². The fourth-order valence-corrected chi connectivity index (χ4v) is 2.04. The Balaban J connectivity index is 1.95. The normalized spacial score (nSPS) is 10.6. The predicted octanol–water partition coefficient (Wildman–Crippen LogP) is 3.75. The van der Waals surface area contributed by atoms with Gasteiger partial charge in [0, 0.05) is 16.2 Å². The number of halogens is 2. The molecular formula is C13H8BrClN4. The van der Waals surface area contributed by atoms with Crippen LogP contribution in [0, 0.1) is 0 Å². The van der Waals surface area contributed by atoms with E-state index in [2.05, 4.69) is 31.2 Å². The minimum absolute atomic E-state index is 0.365. The van der Waals surface area contributed by atoms with Gasteiger partial charge < -0.3 is 0 Å². The molecule has 0 saturated carbocycles. The number of aromatic nitrogens is 4. The maximum atomic E-state index is 5.71. The summed E-state index contributed by atoms with van der Waals surface area (Å²) < 4.78 is 2.72. The quantitative estimate of drug-likeness (QED) is 0.716. The van der Waals surface area contributed by atoms with Crippen molar-refractivity contribution in [3.05, 3.63) is 58.4 Å². The third kappa shape index (κ3) is 2.67. The van der Waals surface area contributed by atoms with E-state index >= 15 is 0 Å². The third-order valence-electron chi connectivity index (χ3n) is 2.61. The predicted molar refractivity (Wildman–Crippen MR) is 77.3 cm³/mol. The Bertz CT molecular complexity index is 631. The highest BCUT2D eigenvalue weighted by atomic mass is 79.9. The Kier molecular flexibility index (Phi) is 3.31. The van der Waals surface area contributed by atoms with Crippen molar-refractivity contribution in [2.24, 2.45) is 0 Å². The topological polar surface area (TPSA) is 43.6 Å². The van der Waals surface area contributed by atoms with Crippen LogP contribution in [0.3, 0.4) is 0 Å². The van der Waals surface area contributed by atoms with Crippen LogP contribution in [0.1, 0.15) is 0 Å². The van der Waals surface area contributed by atoms with Gasteiger partial charge in [-0.25, -0.2) is 4.68 Å². The van der Waals surface area contributed by atoms with Crippen LogP contribution in [-0.4, -0.2) is 20.0 Å². The number of nitrogens with zero attached hydrogens (tertiary/aromatic N) is 4. The number of benzene rings is 1. The number of rotatable bonds is 2. The van der Waals surface area contributed by atoms with Crippen LogP contribution in [0.15, 0.2) is 53.3 Å². The lowest BCUT2D eigenvalue weighted by Gasteiger charge is -1.98. The van der Waals surface area contributed by atoms with Crippen molar-refractivity contribution in [3.8, 4) is 16.9 Å². The second-order valence-electron chi connectivity index (χ2n) is 3.89. The van der Waals surface area contributed by atoms with E-state index in [-0.39, 0.29) is 0 Å².